The van der Waals surface area contributed by atoms with Crippen LogP contribution in [0.3, 0.4) is 0 Å². The van der Waals surface area contributed by atoms with E-state index in [2.05, 4.69) is 20.8 Å². The van der Waals surface area contributed by atoms with Gasteiger partial charge in [0.1, 0.15) is 28.8 Å². The topological polar surface area (TPSA) is 103 Å². The first kappa shape index (κ1) is 32.6. The van der Waals surface area contributed by atoms with E-state index in [4.69, 9.17) is 9.15 Å². The molecule has 0 saturated carbocycles. The van der Waals surface area contributed by atoms with Crippen LogP contribution in [0.25, 0.3) is 0 Å². The van der Waals surface area contributed by atoms with Crippen LogP contribution in [-0.4, -0.2) is 45.5 Å². The van der Waals surface area contributed by atoms with E-state index in [-0.39, 0.29) is 23.4 Å². The molecule has 2 aromatic carbocycles. The van der Waals surface area contributed by atoms with E-state index in [9.17, 15) is 19.8 Å². The van der Waals surface area contributed by atoms with E-state index in [0.29, 0.717) is 25.5 Å². The molecule has 228 valence electrons. The molecular formula is C34H46N2O6. The molecule has 0 atom stereocenters. The van der Waals surface area contributed by atoms with Gasteiger partial charge in [-0.1, -0.05) is 65.4 Å². The van der Waals surface area contributed by atoms with Gasteiger partial charge < -0.3 is 29.2 Å². The van der Waals surface area contributed by atoms with Crippen molar-refractivity contribution in [2.45, 2.75) is 92.3 Å². The van der Waals surface area contributed by atoms with Crippen LogP contribution in [0, 0.1) is 6.92 Å². The van der Waals surface area contributed by atoms with Crippen LogP contribution in [0.1, 0.15) is 109 Å². The van der Waals surface area contributed by atoms with Gasteiger partial charge in [-0.2, -0.15) is 0 Å². The maximum Gasteiger partial charge on any atom is 0.258 e. The minimum absolute atomic E-state index is 0.0411. The molecule has 0 spiro atoms. The average molecular weight is 579 g/mol. The highest BCUT2D eigenvalue weighted by molar-refractivity contribution is 6.03. The number of carbonyl (C=O) groups excluding carboxylic acids is 2. The van der Waals surface area contributed by atoms with E-state index in [1.165, 1.54) is 43.1 Å². The van der Waals surface area contributed by atoms with Crippen LogP contribution in [-0.2, 0) is 19.6 Å². The predicted octanol–water partition coefficient (Wildman–Crippen LogP) is 7.58. The van der Waals surface area contributed by atoms with Crippen molar-refractivity contribution >= 4 is 11.8 Å². The molecule has 0 saturated heterocycles. The lowest BCUT2D eigenvalue weighted by Crippen LogP contribution is -2.28. The molecule has 1 aliphatic rings. The Kier molecular flexibility index (Phi) is 12.3. The summed E-state index contributed by atoms with van der Waals surface area (Å²) in [7, 11) is 1.57. The monoisotopic (exact) mass is 578 g/mol. The molecule has 3 aromatic rings. The summed E-state index contributed by atoms with van der Waals surface area (Å²) in [5, 5.41) is 20.8. The first-order valence-corrected chi connectivity index (χ1v) is 15.1. The smallest absolute Gasteiger partial charge is 0.258 e. The Labute approximate surface area is 249 Å². The van der Waals surface area contributed by atoms with Crippen LogP contribution >= 0.6 is 0 Å². The third kappa shape index (κ3) is 8.78. The van der Waals surface area contributed by atoms with Gasteiger partial charge in [0, 0.05) is 26.2 Å². The number of hydrogen-bond donors (Lipinski definition) is 2. The van der Waals surface area contributed by atoms with E-state index in [0.717, 1.165) is 41.5 Å². The summed E-state index contributed by atoms with van der Waals surface area (Å²) in [4.78, 5) is 29.3. The second kappa shape index (κ2) is 15.9. The first-order chi connectivity index (χ1) is 20.2. The molecule has 0 unspecified atom stereocenters. The van der Waals surface area contributed by atoms with Gasteiger partial charge in [-0.15, -0.1) is 0 Å². The molecule has 2 heterocycles. The fourth-order valence-electron chi connectivity index (χ4n) is 4.79. The van der Waals surface area contributed by atoms with Crippen molar-refractivity contribution in [3.8, 4) is 17.2 Å². The summed E-state index contributed by atoms with van der Waals surface area (Å²) in [6.07, 6.45) is 9.03. The number of unbranched alkanes of at least 4 members (excludes halogenated alkanes) is 5. The van der Waals surface area contributed by atoms with Crippen molar-refractivity contribution < 1.29 is 29.0 Å². The largest absolute Gasteiger partial charge is 0.507 e. The standard InChI is InChI=1S/C27H30N2O6.C7H16/c1-4-5-10-34-20-9-7-18-14-29(15-19(18)11-20)27(33)23-12-22(24(30)13-25(23)31)26(32)28(3)16-21-8-6-17(2)35-21;1-3-5-7-6-4-2/h6-9,11-13,30-31H,4-5,10,14-16H2,1-3H3;3-7H2,1-2H3. The molecule has 8 nitrogen and oxygen atoms in total. The summed E-state index contributed by atoms with van der Waals surface area (Å²) in [5.41, 5.74) is 1.88. The maximum absolute atomic E-state index is 13.3. The summed E-state index contributed by atoms with van der Waals surface area (Å²) < 4.78 is 11.3. The number of fused-ring (bicyclic) bond motifs is 1. The molecule has 0 aliphatic carbocycles. The fourth-order valence-corrected chi connectivity index (χ4v) is 4.79. The van der Waals surface area contributed by atoms with E-state index >= 15 is 0 Å². The number of ether oxygens (including phenoxy) is 1. The normalized spacial score (nSPS) is 12.0. The lowest BCUT2D eigenvalue weighted by Gasteiger charge is -2.19. The van der Waals surface area contributed by atoms with Gasteiger partial charge in [0.2, 0.25) is 0 Å². The lowest BCUT2D eigenvalue weighted by molar-refractivity contribution is 0.0748. The molecule has 0 fully saturated rings. The third-order valence-electron chi connectivity index (χ3n) is 7.27. The summed E-state index contributed by atoms with van der Waals surface area (Å²) in [5.74, 6) is 0.391. The zero-order valence-corrected chi connectivity index (χ0v) is 25.7. The second-order valence-electron chi connectivity index (χ2n) is 10.9. The molecule has 0 radical (unpaired) electrons. The Balaban J connectivity index is 0.000000616. The average Bonchev–Trinajstić information content (AvgIpc) is 3.58. The number of furan rings is 1. The Hall–Kier alpha value is -3.94. The van der Waals surface area contributed by atoms with Gasteiger partial charge in [-0.3, -0.25) is 9.59 Å². The number of amides is 2. The Morgan fingerprint density at radius 2 is 1.52 bits per heavy atom. The van der Waals surface area contributed by atoms with E-state index in [1.807, 2.05) is 25.1 Å². The van der Waals surface area contributed by atoms with Crippen LogP contribution in [0.15, 0.2) is 46.9 Å². The Morgan fingerprint density at radius 3 is 2.17 bits per heavy atom. The molecular weight excluding hydrogens is 532 g/mol. The van der Waals surface area contributed by atoms with Crippen LogP contribution in [0.2, 0.25) is 0 Å². The van der Waals surface area contributed by atoms with Crippen molar-refractivity contribution in [2.75, 3.05) is 13.7 Å². The molecule has 8 heteroatoms. The number of phenolic OH excluding ortho intramolecular Hbond substituents is 2. The highest BCUT2D eigenvalue weighted by atomic mass is 16.5. The number of aryl methyl sites for hydroxylation is 1. The highest BCUT2D eigenvalue weighted by Crippen LogP contribution is 2.33. The van der Waals surface area contributed by atoms with E-state index < -0.39 is 17.6 Å². The Morgan fingerprint density at radius 1 is 0.857 bits per heavy atom. The number of carbonyl (C=O) groups is 2. The van der Waals surface area contributed by atoms with Gasteiger partial charge >= 0.3 is 0 Å². The highest BCUT2D eigenvalue weighted by Gasteiger charge is 2.29. The van der Waals surface area contributed by atoms with Crippen molar-refractivity contribution in [3.63, 3.8) is 0 Å². The van der Waals surface area contributed by atoms with Crippen molar-refractivity contribution in [1.82, 2.24) is 9.80 Å². The minimum Gasteiger partial charge on any atom is -0.507 e. The van der Waals surface area contributed by atoms with Crippen LogP contribution < -0.4 is 4.74 Å². The van der Waals surface area contributed by atoms with Crippen molar-refractivity contribution in [3.05, 3.63) is 76.2 Å². The number of rotatable bonds is 12. The zero-order chi connectivity index (χ0) is 30.6. The van der Waals surface area contributed by atoms with Gasteiger partial charge in [-0.05, 0) is 54.8 Å². The minimum atomic E-state index is -0.496. The zero-order valence-electron chi connectivity index (χ0n) is 25.7. The number of hydrogen-bond acceptors (Lipinski definition) is 6. The van der Waals surface area contributed by atoms with Crippen LogP contribution in [0.5, 0.6) is 17.2 Å². The first-order valence-electron chi connectivity index (χ1n) is 15.1. The number of benzene rings is 2. The summed E-state index contributed by atoms with van der Waals surface area (Å²) in [6.45, 7) is 9.98. The van der Waals surface area contributed by atoms with Crippen molar-refractivity contribution in [1.29, 1.82) is 0 Å². The summed E-state index contributed by atoms with van der Waals surface area (Å²) >= 11 is 0. The molecule has 0 bridgehead atoms. The summed E-state index contributed by atoms with van der Waals surface area (Å²) in [6, 6.07) is 11.6. The predicted molar refractivity (Wildman–Crippen MR) is 164 cm³/mol. The fraction of sp³-hybridized carbons (Fsp3) is 0.471. The number of phenols is 2. The van der Waals surface area contributed by atoms with Gasteiger partial charge in [-0.25, -0.2) is 0 Å². The van der Waals surface area contributed by atoms with E-state index in [1.54, 1.807) is 24.1 Å². The lowest BCUT2D eigenvalue weighted by atomic mass is 10.1. The quantitative estimate of drug-likeness (QED) is 0.215. The molecule has 2 amide bonds. The number of nitrogens with zero attached hydrogens (tertiary/aromatic N) is 2. The molecule has 4 rings (SSSR count). The van der Waals surface area contributed by atoms with Crippen molar-refractivity contribution in [2.24, 2.45) is 0 Å². The molecule has 2 N–H and O–H groups in total. The molecule has 42 heavy (non-hydrogen) atoms. The van der Waals surface area contributed by atoms with Gasteiger partial charge in [0.05, 0.1) is 24.3 Å². The third-order valence-corrected chi connectivity index (χ3v) is 7.27. The Bertz CT molecular complexity index is 1330. The second-order valence-corrected chi connectivity index (χ2v) is 10.9. The maximum atomic E-state index is 13.3. The SMILES string of the molecule is CCCCCCC.CCCCOc1ccc2c(c1)CN(C(=O)c1cc(C(=O)N(C)Cc3ccc(C)o3)c(O)cc1O)C2. The van der Waals surface area contributed by atoms with Gasteiger partial charge in [0.25, 0.3) is 11.8 Å². The molecule has 1 aromatic heterocycles. The molecule has 1 aliphatic heterocycles. The van der Waals surface area contributed by atoms with Crippen LogP contribution in [0.4, 0.5) is 0 Å². The van der Waals surface area contributed by atoms with Gasteiger partial charge in [0.15, 0.2) is 0 Å². The number of aromatic hydroxyl groups is 2.